The zero-order valence-electron chi connectivity index (χ0n) is 44.6. The lowest BCUT2D eigenvalue weighted by molar-refractivity contribution is 0.471. The maximum Gasteiger partial charge on any atom is 0.315 e. The maximum absolute atomic E-state index is 15.0. The minimum atomic E-state index is -5.58. The van der Waals surface area contributed by atoms with Crippen molar-refractivity contribution in [3.05, 3.63) is 150 Å². The molecule has 0 spiro atoms. The number of H-pyrrole nitrogens is 3. The van der Waals surface area contributed by atoms with Crippen LogP contribution >= 0.6 is 11.6 Å². The number of nitrogens with one attached hydrogen (secondary N) is 3. The molecule has 10 aromatic rings. The number of hydrogen-bond donors (Lipinski definition) is 11. The average molecular weight is 1390 g/mol. The van der Waals surface area contributed by atoms with E-state index < -0.39 is 191 Å². The second-order valence-corrected chi connectivity index (χ2v) is 27.3. The number of nitrogens with zero attached hydrogens (tertiary/aromatic N) is 11. The van der Waals surface area contributed by atoms with E-state index in [1.165, 1.54) is 36.2 Å². The van der Waals surface area contributed by atoms with E-state index in [1.54, 1.807) is 36.4 Å². The largest absolute Gasteiger partial charge is 0.505 e. The molecule has 0 fully saturated rings. The van der Waals surface area contributed by atoms with Crippen LogP contribution in [0.15, 0.2) is 186 Å². The average Bonchev–Trinajstić information content (AvgIpc) is 0.770. The van der Waals surface area contributed by atoms with Gasteiger partial charge >= 0.3 is 6.08 Å². The van der Waals surface area contributed by atoms with Gasteiger partial charge in [-0.25, -0.2) is 15.0 Å². The number of anilines is 2. The number of hydrogen-bond acceptors (Lipinski definition) is 25. The molecule has 0 atom stereocenters. The fraction of sp³-hybridized carbons (Fsp3) is 0.0204. The number of para-hydroxylation sites is 1. The first-order chi connectivity index (χ1) is 42.4. The Hall–Kier alpha value is -9.76. The van der Waals surface area contributed by atoms with E-state index in [9.17, 15) is 88.0 Å². The predicted octanol–water partition coefficient (Wildman–Crippen LogP) is 7.30. The zero-order chi connectivity index (χ0) is 66.1. The quantitative estimate of drug-likeness (QED) is 0.0354. The fourth-order valence-corrected chi connectivity index (χ4v) is 12.8. The molecule has 91 heavy (non-hydrogen) atoms. The minimum absolute atomic E-state index is 0.0698. The molecule has 0 radical (unpaired) electrons. The van der Waals surface area contributed by atoms with Crippen molar-refractivity contribution < 1.29 is 92.4 Å². The van der Waals surface area contributed by atoms with Gasteiger partial charge < -0.3 is 20.1 Å². The summed E-state index contributed by atoms with van der Waals surface area (Å²) in [5, 5.41) is 35.7. The van der Waals surface area contributed by atoms with Gasteiger partial charge in [-0.15, -0.1) is 20.5 Å². The van der Waals surface area contributed by atoms with Crippen LogP contribution in [-0.2, 0) is 60.7 Å². The fourth-order valence-electron chi connectivity index (χ4n) is 8.79. The number of aromatic amines is 3. The van der Waals surface area contributed by atoms with Gasteiger partial charge in [-0.2, -0.15) is 69.8 Å². The lowest BCUT2D eigenvalue weighted by atomic mass is 10.1. The van der Waals surface area contributed by atoms with Crippen LogP contribution in [0.25, 0.3) is 32.3 Å². The molecule has 0 aliphatic rings. The number of fused-ring (bicyclic) bond motifs is 3. The molecule has 10 rings (SSSR count). The second-order valence-electron chi connectivity index (χ2n) is 18.6. The molecular formula is C49H34ClFN14O20S6. The number of azo groups is 2. The summed E-state index contributed by atoms with van der Waals surface area (Å²) in [5.74, 6) is -2.78. The Balaban J connectivity index is 1.12. The van der Waals surface area contributed by atoms with Gasteiger partial charge in [0.2, 0.25) is 28.1 Å². The van der Waals surface area contributed by atoms with Crippen LogP contribution < -0.4 is 21.8 Å². The summed E-state index contributed by atoms with van der Waals surface area (Å²) in [7, 11) is -30.5. The summed E-state index contributed by atoms with van der Waals surface area (Å²) >= 11 is 6.30. The Labute approximate surface area is 513 Å². The molecule has 0 saturated heterocycles. The van der Waals surface area contributed by atoms with E-state index in [0.717, 1.165) is 18.2 Å². The van der Waals surface area contributed by atoms with Gasteiger partial charge in [0.25, 0.3) is 60.7 Å². The van der Waals surface area contributed by atoms with Gasteiger partial charge in [0.05, 0.1) is 37.6 Å². The summed E-state index contributed by atoms with van der Waals surface area (Å²) < 4.78 is 229. The molecule has 2 aromatic heterocycles. The highest BCUT2D eigenvalue weighted by atomic mass is 35.5. The van der Waals surface area contributed by atoms with Crippen LogP contribution in [0.3, 0.4) is 0 Å². The van der Waals surface area contributed by atoms with E-state index in [0.29, 0.717) is 53.5 Å². The third kappa shape index (κ3) is 13.7. The van der Waals surface area contributed by atoms with Crippen molar-refractivity contribution in [3.8, 4) is 11.5 Å². The SMILES string of the molecule is CN(c1ccccc1)c1nc(F)nc(=Nc2cc(S(=O)(=O)O)cc3cc(S(=O)(=O)O)c(N=Nc4cc(N=c5nc(Cl)[nH]c(=Nc6cc(S(=O)(=O)O)cc7cc(S(=O)(=O)O)c(N=Nc8ccc9ccccc9c8S(=O)(=O)O)c(O)c67)[nH]5)ccc4S(=O)(=O)O)c(O)c23)[nH]1. The molecule has 0 aliphatic heterocycles. The summed E-state index contributed by atoms with van der Waals surface area (Å²) in [6.07, 6.45) is -1.39. The van der Waals surface area contributed by atoms with Crippen molar-refractivity contribution in [1.82, 2.24) is 29.9 Å². The first-order valence-corrected chi connectivity index (χ1v) is 33.4. The predicted molar refractivity (Wildman–Crippen MR) is 313 cm³/mol. The lowest BCUT2D eigenvalue weighted by Gasteiger charge is -2.17. The highest BCUT2D eigenvalue weighted by Crippen LogP contribution is 2.48. The number of phenols is 2. The molecule has 2 heterocycles. The zero-order valence-corrected chi connectivity index (χ0v) is 50.3. The van der Waals surface area contributed by atoms with Crippen LogP contribution in [0.2, 0.25) is 5.28 Å². The number of halogens is 2. The van der Waals surface area contributed by atoms with Crippen molar-refractivity contribution in [2.24, 2.45) is 35.4 Å². The Morgan fingerprint density at radius 2 is 1.00 bits per heavy atom. The highest BCUT2D eigenvalue weighted by Gasteiger charge is 2.29. The van der Waals surface area contributed by atoms with Crippen molar-refractivity contribution in [3.63, 3.8) is 0 Å². The molecule has 0 amide bonds. The van der Waals surface area contributed by atoms with E-state index >= 15 is 4.39 Å². The smallest absolute Gasteiger partial charge is 0.315 e. The Bertz CT molecular complexity index is 5820. The molecule has 0 aliphatic carbocycles. The van der Waals surface area contributed by atoms with Crippen LogP contribution in [0.4, 0.5) is 55.8 Å². The van der Waals surface area contributed by atoms with Gasteiger partial charge in [0.1, 0.15) is 42.3 Å². The molecule has 42 heteroatoms. The number of rotatable bonds is 15. The van der Waals surface area contributed by atoms with Crippen LogP contribution in [0.5, 0.6) is 11.5 Å². The van der Waals surface area contributed by atoms with Crippen molar-refractivity contribution in [1.29, 1.82) is 0 Å². The first-order valence-electron chi connectivity index (χ1n) is 24.4. The number of aromatic hydroxyl groups is 2. The van der Waals surface area contributed by atoms with Gasteiger partial charge in [0.15, 0.2) is 11.5 Å². The summed E-state index contributed by atoms with van der Waals surface area (Å²) in [5.41, 5.74) is -7.10. The first kappa shape index (κ1) is 64.2. The lowest BCUT2D eigenvalue weighted by Crippen LogP contribution is -2.26. The van der Waals surface area contributed by atoms with Crippen LogP contribution in [0, 0.1) is 6.08 Å². The molecule has 8 aromatic carbocycles. The maximum atomic E-state index is 15.0. The normalized spacial score (nSPS) is 13.6. The third-order valence-corrected chi connectivity index (χ3v) is 18.1. The molecule has 0 saturated carbocycles. The molecule has 470 valence electrons. The van der Waals surface area contributed by atoms with Gasteiger partial charge in [-0.1, -0.05) is 48.5 Å². The van der Waals surface area contributed by atoms with Gasteiger partial charge in [-0.05, 0) is 101 Å². The van der Waals surface area contributed by atoms with Crippen molar-refractivity contribution in [2.45, 2.75) is 29.4 Å². The monoisotopic (exact) mass is 1380 g/mol. The molecule has 0 unspecified atom stereocenters. The Morgan fingerprint density at radius 1 is 0.473 bits per heavy atom. The van der Waals surface area contributed by atoms with E-state index in [-0.39, 0.29) is 11.3 Å². The van der Waals surface area contributed by atoms with Crippen molar-refractivity contribution in [2.75, 3.05) is 11.9 Å². The second kappa shape index (κ2) is 23.6. The Morgan fingerprint density at radius 3 is 1.55 bits per heavy atom. The standard InChI is InChI=1S/C49H34ClFN14O20S6/c1-65(26-8-3-2-4-9-26)49-58-45(51)57-48(60-49)54-33-21-28(87(71,72)73)16-24-18-36(90(80,81)82)40(42(67)38(24)33)64-62-31-19-25(12-14-34(31)88(74,75)76)52-46-55-44(50)56-47(59-46)53-32-20-27(86(68,69)70)15-23-17-35(89(77,78)79)39(41(66)37(23)32)63-61-30-13-11-22-7-5-6-10-29(22)43(30)91(83,84)85/h2-21,66-67H,1H3,(H,68,69,70)(H,71,72,73)(H,74,75,76)(H,77,78,79)(H,80,81,82)(H,83,84,85)(H,54,57,58,60)(H2,52,53,55,56,59). The minimum Gasteiger partial charge on any atom is -0.505 e. The highest BCUT2D eigenvalue weighted by molar-refractivity contribution is 7.87. The van der Waals surface area contributed by atoms with Crippen LogP contribution in [-0.4, -0.2) is 125 Å². The van der Waals surface area contributed by atoms with Gasteiger partial charge in [0, 0.05) is 18.1 Å². The Kier molecular flexibility index (Phi) is 16.6. The number of phenolic OH excluding ortho intramolecular Hbond substituents is 2. The third-order valence-electron chi connectivity index (χ3n) is 12.6. The summed E-state index contributed by atoms with van der Waals surface area (Å²) in [6.45, 7) is 0. The van der Waals surface area contributed by atoms with Gasteiger partial charge in [-0.3, -0.25) is 37.3 Å². The van der Waals surface area contributed by atoms with E-state index in [2.05, 4.69) is 65.3 Å². The molecule has 34 nitrogen and oxygen atoms in total. The van der Waals surface area contributed by atoms with Crippen LogP contribution in [0.1, 0.15) is 0 Å². The number of benzene rings is 8. The summed E-state index contributed by atoms with van der Waals surface area (Å²) in [6, 6.07) is 22.4. The topological polar surface area (TPSA) is 542 Å². The molecular weight excluding hydrogens is 1350 g/mol. The van der Waals surface area contributed by atoms with E-state index in [4.69, 9.17) is 11.6 Å². The molecule has 0 bridgehead atoms. The number of aromatic nitrogens is 6. The molecule has 11 N–H and O–H groups in total. The van der Waals surface area contributed by atoms with E-state index in [1.807, 2.05) is 0 Å². The van der Waals surface area contributed by atoms with Crippen molar-refractivity contribution >= 4 is 156 Å². The summed E-state index contributed by atoms with van der Waals surface area (Å²) in [4.78, 5) is 26.1.